The highest BCUT2D eigenvalue weighted by atomic mass is 79.9. The van der Waals surface area contributed by atoms with Crippen LogP contribution >= 0.6 is 15.9 Å². The fourth-order valence-corrected chi connectivity index (χ4v) is 14.3. The van der Waals surface area contributed by atoms with Gasteiger partial charge in [0, 0.05) is 62.2 Å². The summed E-state index contributed by atoms with van der Waals surface area (Å²) in [6.07, 6.45) is 10.3. The van der Waals surface area contributed by atoms with Gasteiger partial charge in [0.1, 0.15) is 6.10 Å². The van der Waals surface area contributed by atoms with Crippen molar-refractivity contribution in [2.75, 3.05) is 26.4 Å². The predicted octanol–water partition coefficient (Wildman–Crippen LogP) is 7.55. The van der Waals surface area contributed by atoms with Crippen molar-refractivity contribution in [3.63, 3.8) is 0 Å². The summed E-state index contributed by atoms with van der Waals surface area (Å²) in [5, 5.41) is 0. The first-order chi connectivity index (χ1) is 31.5. The Balaban J connectivity index is 0.843. The molecule has 25 atom stereocenters. The number of ether oxygens (including phenoxy) is 14. The molecule has 0 radical (unpaired) electrons. The number of hydrogen-bond acceptors (Lipinski definition) is 14. The van der Waals surface area contributed by atoms with Gasteiger partial charge < -0.3 is 66.3 Å². The number of hydrogen-bond donors (Lipinski definition) is 0. The van der Waals surface area contributed by atoms with Gasteiger partial charge in [-0.15, -0.1) is 0 Å². The Kier molecular flexibility index (Phi) is 15.6. The SMILES string of the molecule is CCOC(C)O[C@@H]1CO[C@]2(C1)O[C@@H]1[C@H](O[C@H]3C[C@H]4O[C@H]5C[C@H]6O[C@H]7C[C@H](Br)CC[C@H]8O[C@H]9CCCO[C@@H]9C[C@@H]8O[C@@H]7CC[C@@H]6O[C@@H]5CCC[C@@H]4O[C@@H]3[C@@H](C)[C@@H]1OC(C)OCC)[C@@H](C)[C@@H]2C. The molecule has 15 heteroatoms. The number of halogens is 1. The molecule has 1 spiro atoms. The van der Waals surface area contributed by atoms with Crippen LogP contribution in [-0.4, -0.2) is 159 Å². The molecular weight excluding hydrogens is 904 g/mol. The van der Waals surface area contributed by atoms with Gasteiger partial charge in [-0.2, -0.15) is 0 Å². The summed E-state index contributed by atoms with van der Waals surface area (Å²) >= 11 is 4.06. The Bertz CT molecular complexity index is 1550. The van der Waals surface area contributed by atoms with Gasteiger partial charge in [0.25, 0.3) is 0 Å². The molecule has 0 aliphatic carbocycles. The summed E-state index contributed by atoms with van der Waals surface area (Å²) in [5.74, 6) is -0.786. The average molecular weight is 986 g/mol. The molecule has 0 bridgehead atoms. The van der Waals surface area contributed by atoms with E-state index in [4.69, 9.17) is 66.3 Å². The molecule has 10 fully saturated rings. The molecular formula is C50H81BrO14. The van der Waals surface area contributed by atoms with Crippen molar-refractivity contribution in [2.24, 2.45) is 17.8 Å². The highest BCUT2D eigenvalue weighted by Gasteiger charge is 2.62. The molecule has 0 aromatic carbocycles. The van der Waals surface area contributed by atoms with Crippen molar-refractivity contribution in [1.29, 1.82) is 0 Å². The van der Waals surface area contributed by atoms with E-state index in [1.807, 2.05) is 27.7 Å². The third-order valence-corrected chi connectivity index (χ3v) is 18.0. The monoisotopic (exact) mass is 984 g/mol. The molecule has 0 saturated carbocycles. The van der Waals surface area contributed by atoms with Crippen LogP contribution in [0.4, 0.5) is 0 Å². The van der Waals surface area contributed by atoms with Crippen LogP contribution in [0.3, 0.4) is 0 Å². The first-order valence-corrected chi connectivity index (χ1v) is 27.1. The quantitative estimate of drug-likeness (QED) is 0.175. The fourth-order valence-electron chi connectivity index (χ4n) is 13.7. The van der Waals surface area contributed by atoms with E-state index in [0.29, 0.717) is 31.1 Å². The summed E-state index contributed by atoms with van der Waals surface area (Å²) < 4.78 is 95.1. The Labute approximate surface area is 396 Å². The minimum Gasteiger partial charge on any atom is -0.375 e. The summed E-state index contributed by atoms with van der Waals surface area (Å²) in [5.41, 5.74) is 0. The maximum absolute atomic E-state index is 7.35. The highest BCUT2D eigenvalue weighted by molar-refractivity contribution is 9.09. The molecule has 10 rings (SSSR count). The molecule has 10 aliphatic heterocycles. The minimum absolute atomic E-state index is 0.00416. The van der Waals surface area contributed by atoms with Gasteiger partial charge in [-0.25, -0.2) is 0 Å². The van der Waals surface area contributed by atoms with Crippen molar-refractivity contribution in [3.05, 3.63) is 0 Å². The number of rotatable bonds is 8. The Morgan fingerprint density at radius 1 is 0.538 bits per heavy atom. The minimum atomic E-state index is -0.842. The van der Waals surface area contributed by atoms with Crippen LogP contribution in [0.25, 0.3) is 0 Å². The molecule has 372 valence electrons. The first kappa shape index (κ1) is 48.5. The number of fused-ring (bicyclic) bond motifs is 8. The topological polar surface area (TPSA) is 129 Å². The zero-order chi connectivity index (χ0) is 45.0. The zero-order valence-corrected chi connectivity index (χ0v) is 41.8. The molecule has 2 unspecified atom stereocenters. The standard InChI is InChI=1S/C50H81BrO14/c1-8-52-29(6)56-32-24-50(55-25-32)28(5)26(3)47-49(65-50)48(57-30(7)53-9-2)27(4)46-45(64-47)23-44-35(63-46)13-10-12-34-42(62-44)22-43-38(59-34)18-17-37-40(61-43)20-31(51)15-16-36-41(60-37)21-39-33(58-36)14-11-19-54-39/h26-49H,8-25H2,1-7H3/t26-,27+,28-,29?,30?,31+,32-,33-,34+,35-,36+,37+,38-,39+,40-,41-,42-,43+,44+,45-,46+,47+,48-,49+,50+/m0/s1. The maximum Gasteiger partial charge on any atom is 0.174 e. The molecule has 0 aromatic rings. The van der Waals surface area contributed by atoms with Crippen LogP contribution in [0, 0.1) is 17.8 Å². The van der Waals surface area contributed by atoms with E-state index in [1.54, 1.807) is 0 Å². The lowest BCUT2D eigenvalue weighted by molar-refractivity contribution is -0.347. The van der Waals surface area contributed by atoms with E-state index in [1.165, 1.54) is 0 Å². The molecule has 0 amide bonds. The van der Waals surface area contributed by atoms with Gasteiger partial charge in [-0.3, -0.25) is 0 Å². The fraction of sp³-hybridized carbons (Fsp3) is 1.00. The van der Waals surface area contributed by atoms with Gasteiger partial charge in [0.2, 0.25) is 0 Å². The number of alkyl halides is 1. The van der Waals surface area contributed by atoms with Crippen LogP contribution in [0.2, 0.25) is 0 Å². The van der Waals surface area contributed by atoms with Crippen LogP contribution in [0.15, 0.2) is 0 Å². The van der Waals surface area contributed by atoms with Crippen LogP contribution in [0.1, 0.15) is 138 Å². The highest BCUT2D eigenvalue weighted by Crippen LogP contribution is 2.52. The van der Waals surface area contributed by atoms with E-state index in [-0.39, 0.29) is 128 Å². The Morgan fingerprint density at radius 3 is 1.75 bits per heavy atom. The lowest BCUT2D eigenvalue weighted by Crippen LogP contribution is -2.61. The lowest BCUT2D eigenvalue weighted by atomic mass is 9.75. The third-order valence-electron chi connectivity index (χ3n) is 17.2. The zero-order valence-electron chi connectivity index (χ0n) is 40.2. The van der Waals surface area contributed by atoms with Gasteiger partial charge >= 0.3 is 0 Å². The second kappa shape index (κ2) is 20.9. The maximum atomic E-state index is 7.35. The Morgan fingerprint density at radius 2 is 1.06 bits per heavy atom. The lowest BCUT2D eigenvalue weighted by Gasteiger charge is -2.51. The summed E-state index contributed by atoms with van der Waals surface area (Å²) in [4.78, 5) is 0.326. The molecule has 14 nitrogen and oxygen atoms in total. The second-order valence-corrected chi connectivity index (χ2v) is 22.6. The average Bonchev–Trinajstić information content (AvgIpc) is 3.58. The van der Waals surface area contributed by atoms with Gasteiger partial charge in [-0.1, -0.05) is 36.7 Å². The van der Waals surface area contributed by atoms with E-state index in [0.717, 1.165) is 90.1 Å². The molecule has 65 heavy (non-hydrogen) atoms. The Hall–Kier alpha value is -0.0800. The molecule has 10 saturated heterocycles. The van der Waals surface area contributed by atoms with Crippen molar-refractivity contribution in [1.82, 2.24) is 0 Å². The molecule has 0 N–H and O–H groups in total. The van der Waals surface area contributed by atoms with Crippen LogP contribution < -0.4 is 0 Å². The smallest absolute Gasteiger partial charge is 0.174 e. The molecule has 0 aromatic heterocycles. The van der Waals surface area contributed by atoms with E-state index in [2.05, 4.69) is 36.7 Å². The van der Waals surface area contributed by atoms with Gasteiger partial charge in [0.15, 0.2) is 18.4 Å². The van der Waals surface area contributed by atoms with Crippen molar-refractivity contribution >= 4 is 15.9 Å². The van der Waals surface area contributed by atoms with Gasteiger partial charge in [-0.05, 0) is 97.8 Å². The van der Waals surface area contributed by atoms with E-state index >= 15 is 0 Å². The molecule has 10 aliphatic rings. The normalized spacial score (nSPS) is 52.2. The van der Waals surface area contributed by atoms with Crippen molar-refractivity contribution in [3.8, 4) is 0 Å². The third kappa shape index (κ3) is 10.2. The van der Waals surface area contributed by atoms with Crippen molar-refractivity contribution < 1.29 is 66.3 Å². The predicted molar refractivity (Wildman–Crippen MR) is 241 cm³/mol. The summed E-state index contributed by atoms with van der Waals surface area (Å²) in [6, 6.07) is 0. The van der Waals surface area contributed by atoms with Crippen LogP contribution in [0.5, 0.6) is 0 Å². The summed E-state index contributed by atoms with van der Waals surface area (Å²) in [6.45, 7) is 17.0. The van der Waals surface area contributed by atoms with Crippen molar-refractivity contribution in [2.45, 2.75) is 271 Å². The second-order valence-electron chi connectivity index (χ2n) is 21.3. The largest absolute Gasteiger partial charge is 0.375 e. The molecule has 10 heterocycles. The van der Waals surface area contributed by atoms with Crippen LogP contribution in [-0.2, 0) is 66.3 Å². The van der Waals surface area contributed by atoms with Gasteiger partial charge in [0.05, 0.1) is 110 Å². The van der Waals surface area contributed by atoms with E-state index in [9.17, 15) is 0 Å². The summed E-state index contributed by atoms with van der Waals surface area (Å²) in [7, 11) is 0. The first-order valence-electron chi connectivity index (χ1n) is 26.2. The van der Waals surface area contributed by atoms with E-state index < -0.39 is 18.2 Å².